The van der Waals surface area contributed by atoms with Crippen molar-refractivity contribution in [3.05, 3.63) is 36.5 Å². The Kier molecular flexibility index (Phi) is 42.1. The molecule has 0 radical (unpaired) electrons. The molecule has 0 bridgehead atoms. The van der Waals surface area contributed by atoms with Crippen molar-refractivity contribution in [3.63, 3.8) is 0 Å². The topological polar surface area (TPSA) is 89.8 Å². The molecule has 0 aromatic heterocycles. The Balaban J connectivity index is 3.69. The molecule has 0 rings (SSSR count). The molecule has 5 nitrogen and oxygen atoms in total. The molecule has 0 fully saturated rings. The van der Waals surface area contributed by atoms with Gasteiger partial charge in [0, 0.05) is 0 Å². The van der Waals surface area contributed by atoms with E-state index in [4.69, 9.17) is 0 Å². The Bertz CT molecular complexity index is 824. The third kappa shape index (κ3) is 40.1. The minimum absolute atomic E-state index is 0.00519. The number of nitrogens with one attached hydrogen (secondary N) is 1. The smallest absolute Gasteiger partial charge is 0.222 e. The van der Waals surface area contributed by atoms with E-state index < -0.39 is 18.2 Å². The highest BCUT2D eigenvalue weighted by atomic mass is 16.3. The molecule has 312 valence electrons. The number of rotatable bonds is 42. The minimum atomic E-state index is -0.958. The Morgan fingerprint density at radius 3 is 1.21 bits per heavy atom. The second-order valence-electron chi connectivity index (χ2n) is 16.0. The number of carbonyl (C=O) groups is 1. The summed E-state index contributed by atoms with van der Waals surface area (Å²) in [5.74, 6) is -0.327. The predicted octanol–water partition coefficient (Wildman–Crippen LogP) is 13.5. The maximum absolute atomic E-state index is 12.4. The zero-order chi connectivity index (χ0) is 38.7. The summed E-state index contributed by atoms with van der Waals surface area (Å²) in [4.78, 5) is 12.4. The van der Waals surface area contributed by atoms with Gasteiger partial charge in [-0.05, 0) is 44.9 Å². The zero-order valence-electron chi connectivity index (χ0n) is 35.4. The largest absolute Gasteiger partial charge is 0.394 e. The number of allylic oxidation sites excluding steroid dienone is 5. The molecule has 0 saturated carbocycles. The van der Waals surface area contributed by atoms with Crippen molar-refractivity contribution < 1.29 is 20.1 Å². The molecule has 3 atom stereocenters. The van der Waals surface area contributed by atoms with Gasteiger partial charge in [-0.15, -0.1) is 0 Å². The van der Waals surface area contributed by atoms with Crippen LogP contribution < -0.4 is 5.32 Å². The van der Waals surface area contributed by atoms with Gasteiger partial charge in [0.2, 0.25) is 5.91 Å². The summed E-state index contributed by atoms with van der Waals surface area (Å²) in [5, 5.41) is 33.2. The predicted molar refractivity (Wildman–Crippen MR) is 231 cm³/mol. The average molecular weight is 746 g/mol. The van der Waals surface area contributed by atoms with Crippen molar-refractivity contribution in [1.82, 2.24) is 5.32 Å². The Labute approximate surface area is 330 Å². The minimum Gasteiger partial charge on any atom is -0.394 e. The summed E-state index contributed by atoms with van der Waals surface area (Å²) < 4.78 is 0. The molecule has 0 heterocycles. The van der Waals surface area contributed by atoms with Crippen LogP contribution >= 0.6 is 0 Å². The van der Waals surface area contributed by atoms with Crippen molar-refractivity contribution in [1.29, 1.82) is 0 Å². The van der Waals surface area contributed by atoms with Gasteiger partial charge < -0.3 is 20.6 Å². The fourth-order valence-electron chi connectivity index (χ4n) is 7.08. The number of aliphatic hydroxyl groups excluding tert-OH is 3. The summed E-state index contributed by atoms with van der Waals surface area (Å²) in [7, 11) is 0. The standard InChI is InChI=1S/C48H91NO4/c1-3-5-7-9-11-13-15-17-19-21-23-24-25-27-29-31-33-35-37-39-41-45(51)43-48(53)49-46(44-50)47(52)42-40-38-36-34-32-30-28-26-22-20-18-16-14-12-10-8-6-4-2/h22,26,32,34,40,42,45-47,50-52H,3-21,23-25,27-31,33,35-39,41,43-44H2,1-2H3,(H,49,53)/b26-22+,34-32+,42-40+. The zero-order valence-corrected chi connectivity index (χ0v) is 35.4. The first-order chi connectivity index (χ1) is 26.0. The lowest BCUT2D eigenvalue weighted by molar-refractivity contribution is -0.124. The molecule has 0 spiro atoms. The Morgan fingerprint density at radius 2 is 0.811 bits per heavy atom. The van der Waals surface area contributed by atoms with Crippen LogP contribution in [0.2, 0.25) is 0 Å². The van der Waals surface area contributed by atoms with Gasteiger partial charge in [-0.2, -0.15) is 0 Å². The molecule has 0 aliphatic heterocycles. The highest BCUT2D eigenvalue weighted by molar-refractivity contribution is 5.76. The van der Waals surface area contributed by atoms with Crippen molar-refractivity contribution in [2.45, 2.75) is 257 Å². The molecule has 0 aliphatic rings. The van der Waals surface area contributed by atoms with E-state index in [0.29, 0.717) is 6.42 Å². The quantitative estimate of drug-likeness (QED) is 0.0370. The lowest BCUT2D eigenvalue weighted by Gasteiger charge is -2.21. The van der Waals surface area contributed by atoms with Gasteiger partial charge in [0.05, 0.1) is 31.3 Å². The summed E-state index contributed by atoms with van der Waals surface area (Å²) in [6.45, 7) is 4.21. The summed E-state index contributed by atoms with van der Waals surface area (Å²) in [6.07, 6.45) is 54.4. The van der Waals surface area contributed by atoms with Crippen molar-refractivity contribution >= 4 is 5.91 Å². The molecule has 0 aromatic rings. The normalized spacial score (nSPS) is 13.8. The lowest BCUT2D eigenvalue weighted by atomic mass is 10.0. The van der Waals surface area contributed by atoms with E-state index >= 15 is 0 Å². The molecule has 0 aromatic carbocycles. The summed E-state index contributed by atoms with van der Waals surface area (Å²) in [6, 6.07) is -0.765. The van der Waals surface area contributed by atoms with Crippen molar-refractivity contribution in [2.24, 2.45) is 0 Å². The maximum atomic E-state index is 12.4. The monoisotopic (exact) mass is 746 g/mol. The fourth-order valence-corrected chi connectivity index (χ4v) is 7.08. The highest BCUT2D eigenvalue weighted by Crippen LogP contribution is 2.16. The molecule has 5 heteroatoms. The van der Waals surface area contributed by atoms with E-state index in [1.54, 1.807) is 6.08 Å². The summed E-state index contributed by atoms with van der Waals surface area (Å²) >= 11 is 0. The Hall–Kier alpha value is -1.43. The number of hydrogen-bond acceptors (Lipinski definition) is 4. The van der Waals surface area contributed by atoms with Crippen LogP contribution in [-0.4, -0.2) is 46.1 Å². The molecular formula is C48H91NO4. The third-order valence-electron chi connectivity index (χ3n) is 10.7. The van der Waals surface area contributed by atoms with Gasteiger partial charge in [0.1, 0.15) is 0 Å². The van der Waals surface area contributed by atoms with Gasteiger partial charge >= 0.3 is 0 Å². The average Bonchev–Trinajstić information content (AvgIpc) is 3.15. The van der Waals surface area contributed by atoms with E-state index in [1.807, 2.05) is 6.08 Å². The van der Waals surface area contributed by atoms with Crippen LogP contribution in [0.3, 0.4) is 0 Å². The molecule has 3 unspecified atom stereocenters. The molecule has 1 amide bonds. The van der Waals surface area contributed by atoms with E-state index in [0.717, 1.165) is 38.5 Å². The van der Waals surface area contributed by atoms with E-state index in [9.17, 15) is 20.1 Å². The second-order valence-corrected chi connectivity index (χ2v) is 16.0. The third-order valence-corrected chi connectivity index (χ3v) is 10.7. The molecular weight excluding hydrogens is 655 g/mol. The van der Waals surface area contributed by atoms with Gasteiger partial charge in [0.25, 0.3) is 0 Å². The van der Waals surface area contributed by atoms with E-state index in [1.165, 1.54) is 173 Å². The number of aliphatic hydroxyl groups is 3. The van der Waals surface area contributed by atoms with Crippen LogP contribution in [0.4, 0.5) is 0 Å². The number of unbranched alkanes of at least 4 members (excludes halogenated alkanes) is 29. The van der Waals surface area contributed by atoms with Crippen LogP contribution in [-0.2, 0) is 4.79 Å². The van der Waals surface area contributed by atoms with Crippen LogP contribution in [0.5, 0.6) is 0 Å². The first-order valence-corrected chi connectivity index (χ1v) is 23.3. The maximum Gasteiger partial charge on any atom is 0.222 e. The second kappa shape index (κ2) is 43.3. The number of amides is 1. The van der Waals surface area contributed by atoms with Gasteiger partial charge in [-0.25, -0.2) is 0 Å². The fraction of sp³-hybridized carbons (Fsp3) is 0.854. The first kappa shape index (κ1) is 51.6. The van der Waals surface area contributed by atoms with E-state index in [2.05, 4.69) is 43.5 Å². The van der Waals surface area contributed by atoms with E-state index in [-0.39, 0.29) is 18.9 Å². The van der Waals surface area contributed by atoms with Crippen molar-refractivity contribution in [3.8, 4) is 0 Å². The molecule has 4 N–H and O–H groups in total. The lowest BCUT2D eigenvalue weighted by Crippen LogP contribution is -2.45. The first-order valence-electron chi connectivity index (χ1n) is 23.3. The summed E-state index contributed by atoms with van der Waals surface area (Å²) in [5.41, 5.74) is 0. The SMILES string of the molecule is CCCCCCCCCC/C=C/CC/C=C/CC/C=C/C(O)C(CO)NC(=O)CC(O)CCCCCCCCCCCCCCCCCCCCCC. The van der Waals surface area contributed by atoms with Crippen molar-refractivity contribution in [2.75, 3.05) is 6.61 Å². The van der Waals surface area contributed by atoms with Crippen LogP contribution in [0.15, 0.2) is 36.5 Å². The van der Waals surface area contributed by atoms with Crippen LogP contribution in [0, 0.1) is 0 Å². The van der Waals surface area contributed by atoms with Crippen LogP contribution in [0.25, 0.3) is 0 Å². The highest BCUT2D eigenvalue weighted by Gasteiger charge is 2.20. The van der Waals surface area contributed by atoms with Gasteiger partial charge in [-0.1, -0.05) is 224 Å². The Morgan fingerprint density at radius 1 is 0.472 bits per heavy atom. The van der Waals surface area contributed by atoms with Gasteiger partial charge in [-0.3, -0.25) is 4.79 Å². The molecule has 0 saturated heterocycles. The molecule has 0 aliphatic carbocycles. The molecule has 53 heavy (non-hydrogen) atoms. The number of carbonyl (C=O) groups excluding carboxylic acids is 1. The van der Waals surface area contributed by atoms with Gasteiger partial charge in [0.15, 0.2) is 0 Å². The number of hydrogen-bond donors (Lipinski definition) is 4. The van der Waals surface area contributed by atoms with Crippen LogP contribution in [0.1, 0.15) is 239 Å².